The molecule has 0 saturated heterocycles. The van der Waals surface area contributed by atoms with Crippen LogP contribution in [0.1, 0.15) is 24.4 Å². The quantitative estimate of drug-likeness (QED) is 0.656. The molecule has 1 amide bonds. The van der Waals surface area contributed by atoms with E-state index in [1.54, 1.807) is 7.05 Å². The number of hydrogen-bond acceptors (Lipinski definition) is 5. The fourth-order valence-corrected chi connectivity index (χ4v) is 1.51. The van der Waals surface area contributed by atoms with Crippen LogP contribution in [0.25, 0.3) is 0 Å². The van der Waals surface area contributed by atoms with Crippen molar-refractivity contribution >= 4 is 24.2 Å². The number of halogens is 1. The second-order valence-electron chi connectivity index (χ2n) is 4.92. The third-order valence-electron chi connectivity index (χ3n) is 2.55. The van der Waals surface area contributed by atoms with E-state index in [1.165, 1.54) is 11.0 Å². The Morgan fingerprint density at radius 1 is 1.53 bits per heavy atom. The maximum atomic E-state index is 11.9. The molecule has 0 fully saturated rings. The summed E-state index contributed by atoms with van der Waals surface area (Å²) in [5.74, 6) is -0.883. The molecule has 8 heteroatoms. The van der Waals surface area contributed by atoms with Gasteiger partial charge in [0.2, 0.25) is 0 Å². The number of amides is 1. The van der Waals surface area contributed by atoms with Gasteiger partial charge < -0.3 is 15.1 Å². The number of rotatable bonds is 5. The van der Waals surface area contributed by atoms with Crippen LogP contribution in [-0.4, -0.2) is 35.9 Å². The van der Waals surface area contributed by atoms with Gasteiger partial charge in [0.05, 0.1) is 6.07 Å². The summed E-state index contributed by atoms with van der Waals surface area (Å²) in [5.41, 5.74) is 5.37. The molecule has 1 aromatic rings. The van der Waals surface area contributed by atoms with Crippen LogP contribution in [0.3, 0.4) is 0 Å². The minimum Gasteiger partial charge on any atom is -0.395 e. The van der Waals surface area contributed by atoms with Crippen molar-refractivity contribution in [3.63, 3.8) is 0 Å². The Labute approximate surface area is 117 Å². The minimum absolute atomic E-state index is 0. The van der Waals surface area contributed by atoms with Crippen molar-refractivity contribution < 1.29 is 14.1 Å². The highest BCUT2D eigenvalue weighted by Gasteiger charge is 2.25. The molecule has 1 aromatic heterocycles. The Hall–Kier alpha value is -1.60. The minimum atomic E-state index is -0.680. The lowest BCUT2D eigenvalue weighted by Crippen LogP contribution is -2.39. The largest absolute Gasteiger partial charge is 0.433 e. The summed E-state index contributed by atoms with van der Waals surface area (Å²) in [6, 6.07) is 2.46. The topological polar surface area (TPSA) is 103 Å². The molecule has 0 radical (unpaired) electrons. The Morgan fingerprint density at radius 3 is 2.53 bits per heavy atom. The summed E-state index contributed by atoms with van der Waals surface area (Å²) in [6.45, 7) is 4.74. The van der Waals surface area contributed by atoms with Gasteiger partial charge in [0.25, 0.3) is 5.91 Å². The Kier molecular flexibility index (Phi) is 5.98. The average Bonchev–Trinajstić information content (AvgIpc) is 2.76. The van der Waals surface area contributed by atoms with Crippen LogP contribution in [0.2, 0.25) is 0 Å². The van der Waals surface area contributed by atoms with Crippen LogP contribution in [0.15, 0.2) is 16.5 Å². The van der Waals surface area contributed by atoms with Gasteiger partial charge in [-0.15, -0.1) is 12.4 Å². The third kappa shape index (κ3) is 4.53. The predicted molar refractivity (Wildman–Crippen MR) is 72.4 cm³/mol. The molecule has 0 atom stereocenters. The standard InChI is InChI=1S/C11H17N3O4.ClH/c1-11(2,6-12)7-13(3)10(15)8-4-5-9(18-8)14(16)17;/h4-5H,6-7,12H2,1-3H3;1H. The lowest BCUT2D eigenvalue weighted by atomic mass is 9.93. The molecule has 1 heterocycles. The highest BCUT2D eigenvalue weighted by molar-refractivity contribution is 5.91. The summed E-state index contributed by atoms with van der Waals surface area (Å²) >= 11 is 0. The van der Waals surface area contributed by atoms with Crippen LogP contribution in [0, 0.1) is 15.5 Å². The molecule has 7 nitrogen and oxygen atoms in total. The molecule has 0 aliphatic carbocycles. The summed E-state index contributed by atoms with van der Waals surface area (Å²) < 4.78 is 4.85. The number of carbonyl (C=O) groups excluding carboxylic acids is 1. The molecular formula is C11H18ClN3O4. The SMILES string of the molecule is CN(CC(C)(C)CN)C(=O)c1ccc([N+](=O)[O-])o1.Cl. The number of hydrogen-bond donors (Lipinski definition) is 1. The molecule has 0 saturated carbocycles. The van der Waals surface area contributed by atoms with Crippen molar-refractivity contribution in [3.8, 4) is 0 Å². The zero-order chi connectivity index (χ0) is 13.9. The predicted octanol–water partition coefficient (Wildman–Crippen LogP) is 1.67. The highest BCUT2D eigenvalue weighted by atomic mass is 35.5. The number of nitro groups is 1. The van der Waals surface area contributed by atoms with Gasteiger partial charge in [-0.2, -0.15) is 0 Å². The molecule has 0 aromatic carbocycles. The molecule has 0 bridgehead atoms. The molecule has 2 N–H and O–H groups in total. The molecule has 0 aliphatic rings. The number of nitrogens with zero attached hydrogens (tertiary/aromatic N) is 2. The Balaban J connectivity index is 0.00000324. The van der Waals surface area contributed by atoms with Crippen LogP contribution in [0.5, 0.6) is 0 Å². The van der Waals surface area contributed by atoms with Crippen LogP contribution < -0.4 is 5.73 Å². The maximum absolute atomic E-state index is 11.9. The lowest BCUT2D eigenvalue weighted by molar-refractivity contribution is -0.402. The molecular weight excluding hydrogens is 274 g/mol. The summed E-state index contributed by atoms with van der Waals surface area (Å²) in [6.07, 6.45) is 0. The van der Waals surface area contributed by atoms with Gasteiger partial charge in [0.15, 0.2) is 5.76 Å². The number of nitrogens with two attached hydrogens (primary N) is 1. The maximum Gasteiger partial charge on any atom is 0.433 e. The van der Waals surface area contributed by atoms with Crippen molar-refractivity contribution in [1.29, 1.82) is 0 Å². The second-order valence-corrected chi connectivity index (χ2v) is 4.92. The smallest absolute Gasteiger partial charge is 0.395 e. The van der Waals surface area contributed by atoms with Crippen molar-refractivity contribution in [2.24, 2.45) is 11.1 Å². The Morgan fingerprint density at radius 2 is 2.11 bits per heavy atom. The molecule has 0 aliphatic heterocycles. The van der Waals surface area contributed by atoms with E-state index in [-0.39, 0.29) is 23.6 Å². The van der Waals surface area contributed by atoms with Crippen molar-refractivity contribution in [2.75, 3.05) is 20.1 Å². The van der Waals surface area contributed by atoms with Crippen molar-refractivity contribution in [3.05, 3.63) is 28.0 Å². The van der Waals surface area contributed by atoms with Gasteiger partial charge >= 0.3 is 5.88 Å². The van der Waals surface area contributed by atoms with Crippen LogP contribution in [-0.2, 0) is 0 Å². The monoisotopic (exact) mass is 291 g/mol. The van der Waals surface area contributed by atoms with Crippen LogP contribution >= 0.6 is 12.4 Å². The highest BCUT2D eigenvalue weighted by Crippen LogP contribution is 2.19. The summed E-state index contributed by atoms with van der Waals surface area (Å²) in [7, 11) is 1.61. The molecule has 1 rings (SSSR count). The first kappa shape index (κ1) is 17.4. The summed E-state index contributed by atoms with van der Waals surface area (Å²) in [4.78, 5) is 23.2. The second kappa shape index (κ2) is 6.53. The molecule has 108 valence electrons. The first-order valence-electron chi connectivity index (χ1n) is 5.46. The van der Waals surface area contributed by atoms with Crippen molar-refractivity contribution in [1.82, 2.24) is 4.90 Å². The van der Waals surface area contributed by atoms with E-state index in [0.29, 0.717) is 13.1 Å². The summed E-state index contributed by atoms with van der Waals surface area (Å²) in [5, 5.41) is 10.5. The van der Waals surface area contributed by atoms with Crippen LogP contribution in [0.4, 0.5) is 5.88 Å². The van der Waals surface area contributed by atoms with E-state index in [0.717, 1.165) is 6.07 Å². The molecule has 0 unspecified atom stereocenters. The van der Waals surface area contributed by atoms with Gasteiger partial charge in [-0.1, -0.05) is 13.8 Å². The zero-order valence-corrected chi connectivity index (χ0v) is 11.9. The van der Waals surface area contributed by atoms with Gasteiger partial charge in [-0.05, 0) is 18.0 Å². The Bertz CT molecular complexity index is 459. The fraction of sp³-hybridized carbons (Fsp3) is 0.545. The van der Waals surface area contributed by atoms with Crippen molar-refractivity contribution in [2.45, 2.75) is 13.8 Å². The molecule has 0 spiro atoms. The third-order valence-corrected chi connectivity index (χ3v) is 2.55. The fourth-order valence-electron chi connectivity index (χ4n) is 1.51. The first-order valence-corrected chi connectivity index (χ1v) is 5.46. The van der Waals surface area contributed by atoms with E-state index >= 15 is 0 Å². The molecule has 19 heavy (non-hydrogen) atoms. The van der Waals surface area contributed by atoms with Gasteiger partial charge in [0.1, 0.15) is 4.92 Å². The van der Waals surface area contributed by atoms with Gasteiger partial charge in [-0.3, -0.25) is 14.9 Å². The average molecular weight is 292 g/mol. The number of carbonyl (C=O) groups is 1. The van der Waals surface area contributed by atoms with E-state index in [1.807, 2.05) is 13.8 Å². The first-order chi connectivity index (χ1) is 8.26. The van der Waals surface area contributed by atoms with E-state index in [9.17, 15) is 14.9 Å². The van der Waals surface area contributed by atoms with Gasteiger partial charge in [-0.25, -0.2) is 0 Å². The van der Waals surface area contributed by atoms with E-state index < -0.39 is 16.7 Å². The normalized spacial score (nSPS) is 10.7. The number of furan rings is 1. The van der Waals surface area contributed by atoms with Gasteiger partial charge in [0, 0.05) is 13.6 Å². The van der Waals surface area contributed by atoms with E-state index in [4.69, 9.17) is 10.2 Å². The van der Waals surface area contributed by atoms with E-state index in [2.05, 4.69) is 0 Å². The lowest BCUT2D eigenvalue weighted by Gasteiger charge is -2.28. The zero-order valence-electron chi connectivity index (χ0n) is 11.1.